The topological polar surface area (TPSA) is 95.7 Å². The van der Waals surface area contributed by atoms with Gasteiger partial charge in [0, 0.05) is 23.2 Å². The van der Waals surface area contributed by atoms with Gasteiger partial charge in [0.05, 0.1) is 18.3 Å². The Morgan fingerprint density at radius 3 is 2.60 bits per heavy atom. The minimum Gasteiger partial charge on any atom is -0.508 e. The Hall–Kier alpha value is -4.13. The van der Waals surface area contributed by atoms with E-state index >= 15 is 0 Å². The second-order valence-corrected chi connectivity index (χ2v) is 8.91. The molecule has 5 rings (SSSR count). The highest BCUT2D eigenvalue weighted by atomic mass is 16.3. The zero-order valence-electron chi connectivity index (χ0n) is 19.3. The SMILES string of the molecule is O=C(NC1CCCC1)[C@H](c1ccc2ncccc2c1)N(Cc1ccco1)C(=O)c1ccc(O)cc1. The van der Waals surface area contributed by atoms with Crippen molar-refractivity contribution in [2.75, 3.05) is 0 Å². The van der Waals surface area contributed by atoms with Crippen LogP contribution >= 0.6 is 0 Å². The minimum absolute atomic E-state index is 0.0664. The molecule has 0 aliphatic heterocycles. The van der Waals surface area contributed by atoms with Crippen molar-refractivity contribution in [3.63, 3.8) is 0 Å². The van der Waals surface area contributed by atoms with Crippen molar-refractivity contribution >= 4 is 22.7 Å². The summed E-state index contributed by atoms with van der Waals surface area (Å²) < 4.78 is 5.56. The first-order chi connectivity index (χ1) is 17.1. The number of hydrogen-bond donors (Lipinski definition) is 2. The van der Waals surface area contributed by atoms with Crippen molar-refractivity contribution in [2.45, 2.75) is 44.3 Å². The van der Waals surface area contributed by atoms with E-state index in [1.165, 1.54) is 17.0 Å². The summed E-state index contributed by atoms with van der Waals surface area (Å²) in [5.41, 5.74) is 1.88. The number of fused-ring (bicyclic) bond motifs is 1. The zero-order chi connectivity index (χ0) is 24.2. The third kappa shape index (κ3) is 5.04. The van der Waals surface area contributed by atoms with E-state index in [4.69, 9.17) is 4.42 Å². The Bertz CT molecular complexity index is 1310. The summed E-state index contributed by atoms with van der Waals surface area (Å²) in [7, 11) is 0. The Labute approximate surface area is 203 Å². The van der Waals surface area contributed by atoms with E-state index in [1.807, 2.05) is 30.3 Å². The number of phenolic OH excluding ortho intramolecular Hbond substituents is 1. The lowest BCUT2D eigenvalue weighted by atomic mass is 9.99. The number of phenols is 1. The van der Waals surface area contributed by atoms with Gasteiger partial charge in [0.15, 0.2) is 0 Å². The average molecular weight is 470 g/mol. The normalized spacial score (nSPS) is 14.6. The summed E-state index contributed by atoms with van der Waals surface area (Å²) in [6, 6.07) is 18.2. The second-order valence-electron chi connectivity index (χ2n) is 8.91. The van der Waals surface area contributed by atoms with Crippen LogP contribution in [0.3, 0.4) is 0 Å². The number of furan rings is 1. The fourth-order valence-electron chi connectivity index (χ4n) is 4.71. The molecule has 1 atom stereocenters. The van der Waals surface area contributed by atoms with Gasteiger partial charge in [-0.1, -0.05) is 25.0 Å². The van der Waals surface area contributed by atoms with Gasteiger partial charge in [-0.05, 0) is 73.0 Å². The lowest BCUT2D eigenvalue weighted by Crippen LogP contribution is -2.45. The molecule has 4 aromatic rings. The number of amides is 2. The van der Waals surface area contributed by atoms with Crippen LogP contribution in [0.2, 0.25) is 0 Å². The summed E-state index contributed by atoms with van der Waals surface area (Å²) in [6.45, 7) is 0.112. The predicted octanol–water partition coefficient (Wildman–Crippen LogP) is 4.98. The van der Waals surface area contributed by atoms with Gasteiger partial charge in [-0.15, -0.1) is 0 Å². The van der Waals surface area contributed by atoms with E-state index in [0.717, 1.165) is 36.6 Å². The molecule has 1 aliphatic rings. The number of nitrogens with zero attached hydrogens (tertiary/aromatic N) is 2. The summed E-state index contributed by atoms with van der Waals surface area (Å²) in [5, 5.41) is 13.8. The van der Waals surface area contributed by atoms with Crippen LogP contribution in [0.1, 0.15) is 53.4 Å². The first kappa shape index (κ1) is 22.7. The third-order valence-corrected chi connectivity index (χ3v) is 6.49. The number of carbonyl (C=O) groups is 2. The molecule has 2 N–H and O–H groups in total. The average Bonchev–Trinajstić information content (AvgIpc) is 3.58. The van der Waals surface area contributed by atoms with E-state index in [0.29, 0.717) is 16.9 Å². The summed E-state index contributed by atoms with van der Waals surface area (Å²) in [6.07, 6.45) is 7.31. The molecular formula is C28H27N3O4. The van der Waals surface area contributed by atoms with Gasteiger partial charge in [0.2, 0.25) is 5.91 Å². The molecule has 1 fully saturated rings. The minimum atomic E-state index is -0.883. The summed E-state index contributed by atoms with van der Waals surface area (Å²) >= 11 is 0. The molecule has 2 amide bonds. The third-order valence-electron chi connectivity index (χ3n) is 6.49. The van der Waals surface area contributed by atoms with Crippen LogP contribution in [0.5, 0.6) is 5.75 Å². The molecule has 0 radical (unpaired) electrons. The van der Waals surface area contributed by atoms with Gasteiger partial charge in [0.25, 0.3) is 5.91 Å². The van der Waals surface area contributed by atoms with Gasteiger partial charge < -0.3 is 19.7 Å². The van der Waals surface area contributed by atoms with Crippen LogP contribution in [-0.2, 0) is 11.3 Å². The van der Waals surface area contributed by atoms with Crippen molar-refractivity contribution in [1.29, 1.82) is 0 Å². The molecule has 35 heavy (non-hydrogen) atoms. The first-order valence-corrected chi connectivity index (χ1v) is 11.9. The molecule has 0 spiro atoms. The van der Waals surface area contributed by atoms with E-state index in [2.05, 4.69) is 10.3 Å². The Balaban J connectivity index is 1.58. The molecule has 0 unspecified atom stereocenters. The largest absolute Gasteiger partial charge is 0.508 e. The highest BCUT2D eigenvalue weighted by Gasteiger charge is 2.34. The van der Waals surface area contributed by atoms with Gasteiger partial charge in [-0.25, -0.2) is 0 Å². The molecule has 7 nitrogen and oxygen atoms in total. The highest BCUT2D eigenvalue weighted by molar-refractivity contribution is 5.98. The fourth-order valence-corrected chi connectivity index (χ4v) is 4.71. The molecular weight excluding hydrogens is 442 g/mol. The van der Waals surface area contributed by atoms with Crippen molar-refractivity contribution in [2.24, 2.45) is 0 Å². The van der Waals surface area contributed by atoms with E-state index in [9.17, 15) is 14.7 Å². The van der Waals surface area contributed by atoms with Crippen molar-refractivity contribution in [3.8, 4) is 5.75 Å². The second kappa shape index (κ2) is 10.0. The highest BCUT2D eigenvalue weighted by Crippen LogP contribution is 2.29. The lowest BCUT2D eigenvalue weighted by molar-refractivity contribution is -0.126. The van der Waals surface area contributed by atoms with E-state index < -0.39 is 6.04 Å². The Morgan fingerprint density at radius 2 is 1.86 bits per heavy atom. The van der Waals surface area contributed by atoms with Crippen LogP contribution in [0.4, 0.5) is 0 Å². The molecule has 7 heteroatoms. The van der Waals surface area contributed by atoms with Crippen molar-refractivity contribution < 1.29 is 19.1 Å². The number of carbonyl (C=O) groups excluding carboxylic acids is 2. The molecule has 2 heterocycles. The summed E-state index contributed by atoms with van der Waals surface area (Å²) in [4.78, 5) is 33.5. The van der Waals surface area contributed by atoms with E-state index in [-0.39, 0.29) is 30.2 Å². The molecule has 178 valence electrons. The summed E-state index contributed by atoms with van der Waals surface area (Å²) in [5.74, 6) is 0.0769. The standard InChI is InChI=1S/C28H27N3O4/c32-23-12-9-19(10-13-23)28(34)31(18-24-8-4-16-35-24)26(27(33)30-22-6-1-2-7-22)21-11-14-25-20(17-21)5-3-15-29-25/h3-5,8-17,22,26,32H,1-2,6-7,18H2,(H,30,33)/t26-/m0/s1. The van der Waals surface area contributed by atoms with Gasteiger partial charge in [-0.2, -0.15) is 0 Å². The number of pyridine rings is 1. The smallest absolute Gasteiger partial charge is 0.255 e. The molecule has 2 aromatic heterocycles. The molecule has 1 saturated carbocycles. The maximum Gasteiger partial charge on any atom is 0.255 e. The number of nitrogens with one attached hydrogen (secondary N) is 1. The van der Waals surface area contributed by atoms with Crippen LogP contribution in [0.25, 0.3) is 10.9 Å². The Kier molecular flexibility index (Phi) is 6.48. The fraction of sp³-hybridized carbons (Fsp3) is 0.250. The van der Waals surface area contributed by atoms with Gasteiger partial charge in [-0.3, -0.25) is 14.6 Å². The number of aromatic nitrogens is 1. The maximum atomic E-state index is 13.8. The molecule has 0 bridgehead atoms. The van der Waals surface area contributed by atoms with Gasteiger partial charge in [0.1, 0.15) is 17.6 Å². The quantitative estimate of drug-likeness (QED) is 0.398. The molecule has 0 saturated heterocycles. The molecule has 2 aromatic carbocycles. The zero-order valence-corrected chi connectivity index (χ0v) is 19.3. The predicted molar refractivity (Wildman–Crippen MR) is 132 cm³/mol. The number of aromatic hydroxyl groups is 1. The monoisotopic (exact) mass is 469 g/mol. The first-order valence-electron chi connectivity index (χ1n) is 11.9. The van der Waals surface area contributed by atoms with Gasteiger partial charge >= 0.3 is 0 Å². The van der Waals surface area contributed by atoms with Crippen LogP contribution in [-0.4, -0.2) is 32.8 Å². The lowest BCUT2D eigenvalue weighted by Gasteiger charge is -2.32. The Morgan fingerprint density at radius 1 is 1.06 bits per heavy atom. The van der Waals surface area contributed by atoms with Crippen LogP contribution < -0.4 is 5.32 Å². The molecule has 1 aliphatic carbocycles. The number of hydrogen-bond acceptors (Lipinski definition) is 5. The number of rotatable bonds is 7. The van der Waals surface area contributed by atoms with Crippen molar-refractivity contribution in [3.05, 3.63) is 96.1 Å². The van der Waals surface area contributed by atoms with Crippen molar-refractivity contribution in [1.82, 2.24) is 15.2 Å². The van der Waals surface area contributed by atoms with Crippen LogP contribution in [0, 0.1) is 0 Å². The van der Waals surface area contributed by atoms with Crippen LogP contribution in [0.15, 0.2) is 83.6 Å². The van der Waals surface area contributed by atoms with E-state index in [1.54, 1.807) is 36.7 Å². The maximum absolute atomic E-state index is 13.8. The number of benzene rings is 2.